The van der Waals surface area contributed by atoms with Crippen molar-refractivity contribution in [2.45, 2.75) is 65.1 Å². The highest BCUT2D eigenvalue weighted by Crippen LogP contribution is 2.25. The summed E-state index contributed by atoms with van der Waals surface area (Å²) in [5.41, 5.74) is 0.562. The van der Waals surface area contributed by atoms with E-state index in [1.165, 1.54) is 4.90 Å². The smallest absolute Gasteiger partial charge is 0.408 e. The van der Waals surface area contributed by atoms with Crippen molar-refractivity contribution in [3.05, 3.63) is 60.2 Å². The molecule has 2 unspecified atom stereocenters. The highest BCUT2D eigenvalue weighted by Gasteiger charge is 2.34. The third-order valence-corrected chi connectivity index (χ3v) is 5.17. The molecule has 190 valence electrons. The zero-order chi connectivity index (χ0) is 26.0. The lowest BCUT2D eigenvalue weighted by Gasteiger charge is -2.33. The van der Waals surface area contributed by atoms with Gasteiger partial charge in [-0.2, -0.15) is 0 Å². The van der Waals surface area contributed by atoms with E-state index in [1.807, 2.05) is 37.3 Å². The molecule has 2 rings (SSSR count). The van der Waals surface area contributed by atoms with Crippen molar-refractivity contribution < 1.29 is 23.9 Å². The maximum atomic E-state index is 13.6. The van der Waals surface area contributed by atoms with Crippen LogP contribution in [-0.4, -0.2) is 48.1 Å². The van der Waals surface area contributed by atoms with Gasteiger partial charge in [0.1, 0.15) is 23.4 Å². The van der Waals surface area contributed by atoms with Crippen LogP contribution in [-0.2, 0) is 14.3 Å². The van der Waals surface area contributed by atoms with Crippen LogP contribution in [0.2, 0.25) is 0 Å². The summed E-state index contributed by atoms with van der Waals surface area (Å²) in [4.78, 5) is 40.9. The van der Waals surface area contributed by atoms with E-state index in [0.717, 1.165) is 6.42 Å². The van der Waals surface area contributed by atoms with Crippen LogP contribution in [0.5, 0.6) is 5.75 Å². The Balaban J connectivity index is 2.34. The molecule has 0 aliphatic heterocycles. The predicted octanol–water partition coefficient (Wildman–Crippen LogP) is 4.92. The highest BCUT2D eigenvalue weighted by atomic mass is 16.6. The van der Waals surface area contributed by atoms with Gasteiger partial charge < -0.3 is 25.0 Å². The average molecular weight is 484 g/mol. The quantitative estimate of drug-likeness (QED) is 0.500. The maximum absolute atomic E-state index is 13.6. The highest BCUT2D eigenvalue weighted by molar-refractivity contribution is 5.99. The Morgan fingerprint density at radius 2 is 1.63 bits per heavy atom. The van der Waals surface area contributed by atoms with Crippen molar-refractivity contribution in [2.24, 2.45) is 0 Å². The van der Waals surface area contributed by atoms with E-state index in [9.17, 15) is 14.4 Å². The summed E-state index contributed by atoms with van der Waals surface area (Å²) in [5.74, 6) is -0.0530. The van der Waals surface area contributed by atoms with Crippen molar-refractivity contribution in [1.29, 1.82) is 0 Å². The summed E-state index contributed by atoms with van der Waals surface area (Å²) < 4.78 is 10.5. The van der Waals surface area contributed by atoms with Crippen LogP contribution in [0.1, 0.15) is 59.1 Å². The number of nitrogens with zero attached hydrogens (tertiary/aromatic N) is 1. The molecular formula is C27H37N3O5. The second kappa shape index (κ2) is 12.8. The van der Waals surface area contributed by atoms with Crippen molar-refractivity contribution >= 4 is 23.6 Å². The van der Waals surface area contributed by atoms with Crippen molar-refractivity contribution in [3.63, 3.8) is 0 Å². The Morgan fingerprint density at radius 1 is 1.00 bits per heavy atom. The van der Waals surface area contributed by atoms with Crippen LogP contribution in [0, 0.1) is 0 Å². The van der Waals surface area contributed by atoms with Gasteiger partial charge in [-0.05, 0) is 63.9 Å². The van der Waals surface area contributed by atoms with Gasteiger partial charge in [0.15, 0.2) is 0 Å². The number of ether oxygens (including phenoxy) is 2. The molecule has 3 amide bonds. The first-order valence-electron chi connectivity index (χ1n) is 11.9. The van der Waals surface area contributed by atoms with Crippen molar-refractivity contribution in [2.75, 3.05) is 19.0 Å². The second-order valence-corrected chi connectivity index (χ2v) is 9.28. The number of amides is 3. The second-order valence-electron chi connectivity index (χ2n) is 9.28. The van der Waals surface area contributed by atoms with E-state index in [1.54, 1.807) is 59.1 Å². The normalized spacial score (nSPS) is 12.7. The van der Waals surface area contributed by atoms with Gasteiger partial charge in [0.25, 0.3) is 5.91 Å². The Bertz CT molecular complexity index is 971. The Morgan fingerprint density at radius 3 is 2.17 bits per heavy atom. The number of hydrogen-bond donors (Lipinski definition) is 2. The Labute approximate surface area is 208 Å². The van der Waals surface area contributed by atoms with E-state index in [-0.39, 0.29) is 11.8 Å². The molecule has 0 saturated heterocycles. The molecule has 35 heavy (non-hydrogen) atoms. The molecule has 2 atom stereocenters. The van der Waals surface area contributed by atoms with E-state index in [2.05, 4.69) is 10.6 Å². The molecule has 8 heteroatoms. The number of unbranched alkanes of at least 4 members (excludes halogenated alkanes) is 1. The van der Waals surface area contributed by atoms with Crippen molar-refractivity contribution in [1.82, 2.24) is 10.2 Å². The molecule has 0 saturated carbocycles. The zero-order valence-electron chi connectivity index (χ0n) is 21.5. The lowest BCUT2D eigenvalue weighted by molar-refractivity contribution is -0.140. The first-order valence-corrected chi connectivity index (χ1v) is 11.9. The number of nitrogens with one attached hydrogen (secondary N) is 2. The fourth-order valence-corrected chi connectivity index (χ4v) is 3.48. The fourth-order valence-electron chi connectivity index (χ4n) is 3.48. The van der Waals surface area contributed by atoms with Gasteiger partial charge in [-0.3, -0.25) is 9.59 Å². The lowest BCUT2D eigenvalue weighted by Crippen LogP contribution is -2.51. The minimum absolute atomic E-state index is 0.352. The summed E-state index contributed by atoms with van der Waals surface area (Å²) in [5, 5.41) is 5.52. The lowest BCUT2D eigenvalue weighted by atomic mass is 10.0. The zero-order valence-corrected chi connectivity index (χ0v) is 21.5. The van der Waals surface area contributed by atoms with Crippen LogP contribution >= 0.6 is 0 Å². The van der Waals surface area contributed by atoms with Crippen LogP contribution in [0.15, 0.2) is 54.6 Å². The molecule has 0 aromatic heterocycles. The van der Waals surface area contributed by atoms with Gasteiger partial charge >= 0.3 is 6.09 Å². The van der Waals surface area contributed by atoms with E-state index in [0.29, 0.717) is 30.0 Å². The first-order chi connectivity index (χ1) is 16.6. The number of anilines is 1. The van der Waals surface area contributed by atoms with Gasteiger partial charge in [-0.15, -0.1) is 0 Å². The van der Waals surface area contributed by atoms with E-state index >= 15 is 0 Å². The van der Waals surface area contributed by atoms with Crippen LogP contribution in [0.3, 0.4) is 0 Å². The van der Waals surface area contributed by atoms with E-state index < -0.39 is 23.8 Å². The topological polar surface area (TPSA) is 97.0 Å². The Kier molecular flexibility index (Phi) is 10.1. The summed E-state index contributed by atoms with van der Waals surface area (Å²) in [6.45, 7) is 9.21. The first kappa shape index (κ1) is 27.7. The van der Waals surface area contributed by atoms with Gasteiger partial charge in [-0.25, -0.2) is 4.79 Å². The molecule has 0 bridgehead atoms. The largest absolute Gasteiger partial charge is 0.497 e. The SMILES string of the molecule is CCCCN(C(=O)C(C)NC(=O)OC(C)(C)C)C(C(=O)Nc1ccc(OC)cc1)c1ccccc1. The predicted molar refractivity (Wildman–Crippen MR) is 136 cm³/mol. The summed E-state index contributed by atoms with van der Waals surface area (Å²) in [7, 11) is 1.57. The molecule has 0 heterocycles. The van der Waals surface area contributed by atoms with E-state index in [4.69, 9.17) is 9.47 Å². The molecule has 0 fully saturated rings. The fraction of sp³-hybridized carbons (Fsp3) is 0.444. The third-order valence-electron chi connectivity index (χ3n) is 5.17. The van der Waals surface area contributed by atoms with Gasteiger partial charge in [0.05, 0.1) is 7.11 Å². The summed E-state index contributed by atoms with van der Waals surface area (Å²) in [6, 6.07) is 14.3. The maximum Gasteiger partial charge on any atom is 0.408 e. The standard InChI is InChI=1S/C27H37N3O5/c1-7-8-18-30(25(32)19(2)28-26(33)35-27(3,4)5)23(20-12-10-9-11-13-20)24(31)29-21-14-16-22(34-6)17-15-21/h9-17,19,23H,7-8,18H2,1-6H3,(H,28,33)(H,29,31). The van der Waals surface area contributed by atoms with Gasteiger partial charge in [0.2, 0.25) is 5.91 Å². The molecule has 2 aromatic carbocycles. The number of hydrogen-bond acceptors (Lipinski definition) is 5. The molecule has 0 radical (unpaired) electrons. The number of methoxy groups -OCH3 is 1. The summed E-state index contributed by atoms with van der Waals surface area (Å²) in [6.07, 6.45) is 0.844. The van der Waals surface area contributed by atoms with Crippen LogP contribution in [0.25, 0.3) is 0 Å². The number of rotatable bonds is 10. The molecule has 0 aliphatic rings. The number of carbonyl (C=O) groups excluding carboxylic acids is 3. The molecule has 2 N–H and O–H groups in total. The van der Waals surface area contributed by atoms with Crippen LogP contribution < -0.4 is 15.4 Å². The molecule has 2 aromatic rings. The minimum atomic E-state index is -0.889. The average Bonchev–Trinajstić information content (AvgIpc) is 2.81. The van der Waals surface area contributed by atoms with Crippen molar-refractivity contribution in [3.8, 4) is 5.75 Å². The molecular weight excluding hydrogens is 446 g/mol. The minimum Gasteiger partial charge on any atom is -0.497 e. The van der Waals surface area contributed by atoms with Gasteiger partial charge in [-0.1, -0.05) is 43.7 Å². The monoisotopic (exact) mass is 483 g/mol. The number of alkyl carbamates (subject to hydrolysis) is 1. The van der Waals surface area contributed by atoms with Crippen LogP contribution in [0.4, 0.5) is 10.5 Å². The molecule has 0 aliphatic carbocycles. The summed E-state index contributed by atoms with van der Waals surface area (Å²) >= 11 is 0. The molecule has 0 spiro atoms. The number of carbonyl (C=O) groups is 3. The number of benzene rings is 2. The molecule has 8 nitrogen and oxygen atoms in total. The Hall–Kier alpha value is -3.55. The van der Waals surface area contributed by atoms with Gasteiger partial charge in [0, 0.05) is 12.2 Å². The third kappa shape index (κ3) is 8.63.